The van der Waals surface area contributed by atoms with E-state index in [4.69, 9.17) is 4.74 Å². The number of unbranched alkanes of at least 4 members (excludes halogenated alkanes) is 16. The van der Waals surface area contributed by atoms with Crippen molar-refractivity contribution < 1.29 is 9.53 Å². The molecule has 0 fully saturated rings. The van der Waals surface area contributed by atoms with Gasteiger partial charge in [-0.15, -0.1) is 0 Å². The smallest absolute Gasteiger partial charge is 0.305 e. The molecule has 0 aliphatic heterocycles. The van der Waals surface area contributed by atoms with Crippen LogP contribution in [0.4, 0.5) is 0 Å². The van der Waals surface area contributed by atoms with Gasteiger partial charge in [-0.2, -0.15) is 0 Å². The van der Waals surface area contributed by atoms with Gasteiger partial charge in [0.15, 0.2) is 0 Å². The highest BCUT2D eigenvalue weighted by Gasteiger charge is 2.02. The van der Waals surface area contributed by atoms with Crippen molar-refractivity contribution >= 4 is 5.97 Å². The summed E-state index contributed by atoms with van der Waals surface area (Å²) < 4.78 is 5.31. The fraction of sp³-hybridized carbons (Fsp3) is 0.957. The van der Waals surface area contributed by atoms with Gasteiger partial charge >= 0.3 is 5.97 Å². The summed E-state index contributed by atoms with van der Waals surface area (Å²) in [6.07, 6.45) is 24.2. The van der Waals surface area contributed by atoms with Crippen LogP contribution >= 0.6 is 0 Å². The van der Waals surface area contributed by atoms with Crippen LogP contribution in [0.1, 0.15) is 136 Å². The van der Waals surface area contributed by atoms with E-state index in [1.807, 2.05) is 0 Å². The lowest BCUT2D eigenvalue weighted by Gasteiger charge is -2.05. The number of hydrogen-bond acceptors (Lipinski definition) is 2. The van der Waals surface area contributed by atoms with Crippen LogP contribution in [0.2, 0.25) is 0 Å². The fourth-order valence-corrected chi connectivity index (χ4v) is 3.25. The number of carbonyl (C=O) groups is 1. The minimum atomic E-state index is 0.00966. The van der Waals surface area contributed by atoms with E-state index in [0.717, 1.165) is 12.8 Å². The lowest BCUT2D eigenvalue weighted by molar-refractivity contribution is -0.143. The van der Waals surface area contributed by atoms with Gasteiger partial charge in [-0.05, 0) is 12.8 Å². The van der Waals surface area contributed by atoms with E-state index in [0.29, 0.717) is 13.0 Å². The van der Waals surface area contributed by atoms with Crippen molar-refractivity contribution in [2.75, 3.05) is 6.61 Å². The van der Waals surface area contributed by atoms with Gasteiger partial charge < -0.3 is 4.74 Å². The molecule has 0 unspecified atom stereocenters. The third-order valence-corrected chi connectivity index (χ3v) is 5.00. The van der Waals surface area contributed by atoms with Crippen molar-refractivity contribution in [3.63, 3.8) is 0 Å². The van der Waals surface area contributed by atoms with E-state index >= 15 is 0 Å². The highest BCUT2D eigenvalue weighted by Crippen LogP contribution is 2.12. The second-order valence-electron chi connectivity index (χ2n) is 7.63. The third kappa shape index (κ3) is 21.4. The van der Waals surface area contributed by atoms with Crippen LogP contribution in [0.5, 0.6) is 0 Å². The van der Waals surface area contributed by atoms with Crippen LogP contribution in [0.3, 0.4) is 0 Å². The Labute approximate surface area is 158 Å². The van der Waals surface area contributed by atoms with Crippen molar-refractivity contribution in [1.29, 1.82) is 0 Å². The summed E-state index contributed by atoms with van der Waals surface area (Å²) in [5.41, 5.74) is 0. The second kappa shape index (κ2) is 21.5. The van der Waals surface area contributed by atoms with Gasteiger partial charge in [0.1, 0.15) is 0 Å². The average Bonchev–Trinajstić information content (AvgIpc) is 2.62. The Morgan fingerprint density at radius 2 is 0.880 bits per heavy atom. The first-order valence-electron chi connectivity index (χ1n) is 11.5. The molecule has 0 saturated carbocycles. The molecule has 0 amide bonds. The SMILES string of the molecule is CCCCCCCCCCCCCCCOC(=O)CCCCCCC. The van der Waals surface area contributed by atoms with E-state index in [1.165, 1.54) is 103 Å². The van der Waals surface area contributed by atoms with E-state index in [-0.39, 0.29) is 5.97 Å². The zero-order valence-corrected chi connectivity index (χ0v) is 17.5. The van der Waals surface area contributed by atoms with Crippen LogP contribution in [-0.2, 0) is 9.53 Å². The Bertz CT molecular complexity index is 263. The number of esters is 1. The predicted molar refractivity (Wildman–Crippen MR) is 110 cm³/mol. The lowest BCUT2D eigenvalue weighted by atomic mass is 10.0. The van der Waals surface area contributed by atoms with Gasteiger partial charge in [0, 0.05) is 6.42 Å². The van der Waals surface area contributed by atoms with Crippen molar-refractivity contribution in [3.8, 4) is 0 Å². The monoisotopic (exact) mass is 354 g/mol. The first-order valence-corrected chi connectivity index (χ1v) is 11.5. The van der Waals surface area contributed by atoms with Crippen molar-refractivity contribution in [3.05, 3.63) is 0 Å². The van der Waals surface area contributed by atoms with Gasteiger partial charge in [0.2, 0.25) is 0 Å². The molecule has 0 aliphatic rings. The number of hydrogen-bond donors (Lipinski definition) is 0. The zero-order valence-electron chi connectivity index (χ0n) is 17.5. The van der Waals surface area contributed by atoms with Crippen molar-refractivity contribution in [2.45, 2.75) is 136 Å². The van der Waals surface area contributed by atoms with E-state index in [1.54, 1.807) is 0 Å². The summed E-state index contributed by atoms with van der Waals surface area (Å²) in [6.45, 7) is 5.12. The molecule has 150 valence electrons. The maximum atomic E-state index is 11.6. The molecule has 0 bridgehead atoms. The minimum Gasteiger partial charge on any atom is -0.466 e. The number of ether oxygens (including phenoxy) is 1. The molecule has 0 heterocycles. The first-order chi connectivity index (χ1) is 12.3. The van der Waals surface area contributed by atoms with Crippen LogP contribution in [-0.4, -0.2) is 12.6 Å². The third-order valence-electron chi connectivity index (χ3n) is 5.00. The Hall–Kier alpha value is -0.530. The summed E-state index contributed by atoms with van der Waals surface area (Å²) in [6, 6.07) is 0. The number of rotatable bonds is 20. The maximum Gasteiger partial charge on any atom is 0.305 e. The molecule has 25 heavy (non-hydrogen) atoms. The van der Waals surface area contributed by atoms with Gasteiger partial charge in [-0.3, -0.25) is 4.79 Å². The van der Waals surface area contributed by atoms with Gasteiger partial charge in [-0.25, -0.2) is 0 Å². The molecule has 0 aromatic carbocycles. The molecule has 0 rings (SSSR count). The highest BCUT2D eigenvalue weighted by atomic mass is 16.5. The normalized spacial score (nSPS) is 11.0. The Kier molecular flexibility index (Phi) is 21.1. The van der Waals surface area contributed by atoms with Crippen LogP contribution in [0.25, 0.3) is 0 Å². The van der Waals surface area contributed by atoms with E-state index in [9.17, 15) is 4.79 Å². The molecular weight excluding hydrogens is 308 g/mol. The van der Waals surface area contributed by atoms with Gasteiger partial charge in [-0.1, -0.05) is 117 Å². The molecule has 0 spiro atoms. The average molecular weight is 355 g/mol. The van der Waals surface area contributed by atoms with Crippen LogP contribution < -0.4 is 0 Å². The maximum absolute atomic E-state index is 11.6. The summed E-state index contributed by atoms with van der Waals surface area (Å²) in [5.74, 6) is 0.00966. The number of carbonyl (C=O) groups excluding carboxylic acids is 1. The summed E-state index contributed by atoms with van der Waals surface area (Å²) in [7, 11) is 0. The summed E-state index contributed by atoms with van der Waals surface area (Å²) in [5, 5.41) is 0. The minimum absolute atomic E-state index is 0.00966. The molecule has 2 heteroatoms. The first kappa shape index (κ1) is 24.5. The van der Waals surface area contributed by atoms with Crippen molar-refractivity contribution in [2.24, 2.45) is 0 Å². The summed E-state index contributed by atoms with van der Waals surface area (Å²) >= 11 is 0. The second-order valence-corrected chi connectivity index (χ2v) is 7.63. The largest absolute Gasteiger partial charge is 0.466 e. The molecule has 0 aliphatic carbocycles. The molecule has 0 aromatic heterocycles. The predicted octanol–water partition coefficient (Wildman–Crippen LogP) is 7.98. The van der Waals surface area contributed by atoms with Crippen molar-refractivity contribution in [1.82, 2.24) is 0 Å². The molecule has 2 nitrogen and oxygen atoms in total. The quantitative estimate of drug-likeness (QED) is 0.164. The molecule has 0 radical (unpaired) electrons. The Morgan fingerprint density at radius 3 is 1.32 bits per heavy atom. The Balaban J connectivity index is 3.09. The molecular formula is C23H46O2. The fourth-order valence-electron chi connectivity index (χ4n) is 3.25. The molecule has 0 N–H and O–H groups in total. The van der Waals surface area contributed by atoms with Gasteiger partial charge in [0.05, 0.1) is 6.61 Å². The van der Waals surface area contributed by atoms with Crippen LogP contribution in [0.15, 0.2) is 0 Å². The van der Waals surface area contributed by atoms with E-state index in [2.05, 4.69) is 13.8 Å². The molecule has 0 saturated heterocycles. The van der Waals surface area contributed by atoms with Gasteiger partial charge in [0.25, 0.3) is 0 Å². The molecule has 0 atom stereocenters. The topological polar surface area (TPSA) is 26.3 Å². The lowest BCUT2D eigenvalue weighted by Crippen LogP contribution is -2.05. The highest BCUT2D eigenvalue weighted by molar-refractivity contribution is 5.69. The standard InChI is InChI=1S/C23H46O2/c1-3-5-7-9-10-11-12-13-14-15-16-18-20-22-25-23(24)21-19-17-8-6-4-2/h3-22H2,1-2H3. The van der Waals surface area contributed by atoms with E-state index < -0.39 is 0 Å². The summed E-state index contributed by atoms with van der Waals surface area (Å²) in [4.78, 5) is 11.6. The molecule has 0 aromatic rings. The van der Waals surface area contributed by atoms with Crippen LogP contribution in [0, 0.1) is 0 Å². The Morgan fingerprint density at radius 1 is 0.520 bits per heavy atom. The zero-order chi connectivity index (χ0) is 18.4.